The van der Waals surface area contributed by atoms with Crippen molar-refractivity contribution in [2.24, 2.45) is 5.41 Å². The average molecular weight is 229 g/mol. The van der Waals surface area contributed by atoms with Crippen LogP contribution in [0.5, 0.6) is 0 Å². The zero-order valence-corrected chi connectivity index (χ0v) is 10.3. The number of aliphatic hydroxyl groups excluding tert-OH is 1. The molecule has 1 fully saturated rings. The van der Waals surface area contributed by atoms with E-state index in [4.69, 9.17) is 9.84 Å². The molecular weight excluding hydrogens is 206 g/mol. The lowest BCUT2D eigenvalue weighted by molar-refractivity contribution is -0.123. The van der Waals surface area contributed by atoms with Gasteiger partial charge in [-0.1, -0.05) is 0 Å². The summed E-state index contributed by atoms with van der Waals surface area (Å²) in [5.74, 6) is 0. The third-order valence-electron chi connectivity index (χ3n) is 3.37. The topological polar surface area (TPSA) is 49.8 Å². The lowest BCUT2D eigenvalue weighted by Gasteiger charge is -2.38. The SMILES string of the molecule is CC(C)N(CCO)CC1(C=O)CCOCC1. The number of rotatable bonds is 6. The van der Waals surface area contributed by atoms with Crippen molar-refractivity contribution in [3.63, 3.8) is 0 Å². The molecule has 0 atom stereocenters. The first kappa shape index (κ1) is 13.6. The summed E-state index contributed by atoms with van der Waals surface area (Å²) in [6, 6.07) is 0.354. The van der Waals surface area contributed by atoms with E-state index in [1.165, 1.54) is 0 Å². The minimum atomic E-state index is -0.266. The highest BCUT2D eigenvalue weighted by Gasteiger charge is 2.34. The first-order valence-electron chi connectivity index (χ1n) is 6.02. The number of ether oxygens (including phenoxy) is 1. The molecule has 94 valence electrons. The van der Waals surface area contributed by atoms with E-state index in [2.05, 4.69) is 18.7 Å². The summed E-state index contributed by atoms with van der Waals surface area (Å²) in [7, 11) is 0. The van der Waals surface area contributed by atoms with E-state index in [-0.39, 0.29) is 12.0 Å². The van der Waals surface area contributed by atoms with Gasteiger partial charge in [-0.25, -0.2) is 0 Å². The molecule has 0 aromatic heterocycles. The normalized spacial score (nSPS) is 20.3. The summed E-state index contributed by atoms with van der Waals surface area (Å²) in [5.41, 5.74) is -0.266. The van der Waals surface area contributed by atoms with Crippen LogP contribution in [0.15, 0.2) is 0 Å². The van der Waals surface area contributed by atoms with Gasteiger partial charge in [0.25, 0.3) is 0 Å². The number of carbonyl (C=O) groups is 1. The number of hydrogen-bond acceptors (Lipinski definition) is 4. The van der Waals surface area contributed by atoms with Crippen molar-refractivity contribution < 1.29 is 14.6 Å². The van der Waals surface area contributed by atoms with E-state index in [0.29, 0.717) is 25.8 Å². The Hall–Kier alpha value is -0.450. The van der Waals surface area contributed by atoms with Crippen LogP contribution in [0.3, 0.4) is 0 Å². The molecule has 4 nitrogen and oxygen atoms in total. The number of nitrogens with zero attached hydrogens (tertiary/aromatic N) is 1. The fraction of sp³-hybridized carbons (Fsp3) is 0.917. The number of carbonyl (C=O) groups excluding carboxylic acids is 1. The van der Waals surface area contributed by atoms with Gasteiger partial charge in [-0.2, -0.15) is 0 Å². The third kappa shape index (κ3) is 3.54. The maximum absolute atomic E-state index is 11.3. The highest BCUT2D eigenvalue weighted by molar-refractivity contribution is 5.60. The lowest BCUT2D eigenvalue weighted by Crippen LogP contribution is -2.46. The van der Waals surface area contributed by atoms with E-state index >= 15 is 0 Å². The van der Waals surface area contributed by atoms with Gasteiger partial charge in [0, 0.05) is 37.8 Å². The van der Waals surface area contributed by atoms with Crippen LogP contribution >= 0.6 is 0 Å². The Balaban J connectivity index is 2.61. The van der Waals surface area contributed by atoms with Crippen molar-refractivity contribution in [1.82, 2.24) is 4.90 Å². The smallest absolute Gasteiger partial charge is 0.127 e. The van der Waals surface area contributed by atoms with Gasteiger partial charge in [0.05, 0.1) is 6.61 Å². The first-order chi connectivity index (χ1) is 7.63. The highest BCUT2D eigenvalue weighted by Crippen LogP contribution is 2.29. The molecule has 1 aliphatic rings. The van der Waals surface area contributed by atoms with Crippen molar-refractivity contribution in [2.45, 2.75) is 32.7 Å². The van der Waals surface area contributed by atoms with E-state index in [1.807, 2.05) is 0 Å². The molecule has 0 amide bonds. The Labute approximate surface area is 97.6 Å². The van der Waals surface area contributed by atoms with E-state index in [1.54, 1.807) is 0 Å². The summed E-state index contributed by atoms with van der Waals surface area (Å²) >= 11 is 0. The lowest BCUT2D eigenvalue weighted by atomic mass is 9.81. The molecule has 0 unspecified atom stereocenters. The molecule has 4 heteroatoms. The molecule has 0 saturated carbocycles. The van der Waals surface area contributed by atoms with Gasteiger partial charge >= 0.3 is 0 Å². The minimum absolute atomic E-state index is 0.142. The Kier molecular flexibility index (Phi) is 5.38. The molecule has 0 bridgehead atoms. The Morgan fingerprint density at radius 3 is 2.50 bits per heavy atom. The summed E-state index contributed by atoms with van der Waals surface area (Å²) in [5, 5.41) is 9.02. The standard InChI is InChI=1S/C12H23NO3/c1-11(2)13(5-6-14)9-12(10-15)3-7-16-8-4-12/h10-11,14H,3-9H2,1-2H3. The van der Waals surface area contributed by atoms with Crippen molar-refractivity contribution >= 4 is 6.29 Å². The fourth-order valence-electron chi connectivity index (χ4n) is 2.14. The summed E-state index contributed by atoms with van der Waals surface area (Å²) in [6.45, 7) is 7.03. The van der Waals surface area contributed by atoms with Crippen molar-refractivity contribution in [3.8, 4) is 0 Å². The van der Waals surface area contributed by atoms with E-state index in [0.717, 1.165) is 25.7 Å². The molecule has 0 radical (unpaired) electrons. The Morgan fingerprint density at radius 1 is 1.44 bits per heavy atom. The molecule has 1 heterocycles. The molecular formula is C12H23NO3. The van der Waals surface area contributed by atoms with Gasteiger partial charge < -0.3 is 14.6 Å². The van der Waals surface area contributed by atoms with Crippen molar-refractivity contribution in [3.05, 3.63) is 0 Å². The zero-order chi connectivity index (χ0) is 12.0. The van der Waals surface area contributed by atoms with Gasteiger partial charge in [-0.15, -0.1) is 0 Å². The fourth-order valence-corrected chi connectivity index (χ4v) is 2.14. The van der Waals surface area contributed by atoms with Gasteiger partial charge in [0.2, 0.25) is 0 Å². The number of hydrogen-bond donors (Lipinski definition) is 1. The first-order valence-corrected chi connectivity index (χ1v) is 6.02. The molecule has 0 aromatic carbocycles. The zero-order valence-electron chi connectivity index (χ0n) is 10.3. The van der Waals surface area contributed by atoms with Crippen LogP contribution in [0.2, 0.25) is 0 Å². The van der Waals surface area contributed by atoms with E-state index in [9.17, 15) is 4.79 Å². The van der Waals surface area contributed by atoms with Crippen LogP contribution in [0.4, 0.5) is 0 Å². The predicted molar refractivity (Wildman–Crippen MR) is 62.3 cm³/mol. The monoisotopic (exact) mass is 229 g/mol. The summed E-state index contributed by atoms with van der Waals surface area (Å²) in [4.78, 5) is 13.5. The average Bonchev–Trinajstić information content (AvgIpc) is 2.29. The van der Waals surface area contributed by atoms with Crippen LogP contribution in [-0.4, -0.2) is 55.2 Å². The summed E-state index contributed by atoms with van der Waals surface area (Å²) < 4.78 is 5.30. The van der Waals surface area contributed by atoms with Gasteiger partial charge in [-0.3, -0.25) is 4.90 Å². The van der Waals surface area contributed by atoms with Gasteiger partial charge in [-0.05, 0) is 26.7 Å². The molecule has 16 heavy (non-hydrogen) atoms. The van der Waals surface area contributed by atoms with Crippen LogP contribution in [0.25, 0.3) is 0 Å². The largest absolute Gasteiger partial charge is 0.395 e. The number of aliphatic hydroxyl groups is 1. The maximum atomic E-state index is 11.3. The molecule has 1 N–H and O–H groups in total. The molecule has 1 aliphatic heterocycles. The number of aldehydes is 1. The quantitative estimate of drug-likeness (QED) is 0.681. The van der Waals surface area contributed by atoms with Gasteiger partial charge in [0.15, 0.2) is 0 Å². The second-order valence-corrected chi connectivity index (χ2v) is 4.88. The van der Waals surface area contributed by atoms with Gasteiger partial charge in [0.1, 0.15) is 6.29 Å². The molecule has 0 aliphatic carbocycles. The van der Waals surface area contributed by atoms with Crippen LogP contribution in [0.1, 0.15) is 26.7 Å². The second kappa shape index (κ2) is 6.33. The minimum Gasteiger partial charge on any atom is -0.395 e. The van der Waals surface area contributed by atoms with Crippen molar-refractivity contribution in [1.29, 1.82) is 0 Å². The third-order valence-corrected chi connectivity index (χ3v) is 3.37. The Bertz CT molecular complexity index is 212. The van der Waals surface area contributed by atoms with Crippen LogP contribution in [0, 0.1) is 5.41 Å². The predicted octanol–water partition coefficient (Wildman–Crippen LogP) is 0.685. The summed E-state index contributed by atoms with van der Waals surface area (Å²) in [6.07, 6.45) is 2.68. The van der Waals surface area contributed by atoms with Crippen LogP contribution < -0.4 is 0 Å². The van der Waals surface area contributed by atoms with Crippen LogP contribution in [-0.2, 0) is 9.53 Å². The molecule has 1 saturated heterocycles. The second-order valence-electron chi connectivity index (χ2n) is 4.88. The molecule has 0 aromatic rings. The molecule has 1 rings (SSSR count). The maximum Gasteiger partial charge on any atom is 0.127 e. The highest BCUT2D eigenvalue weighted by atomic mass is 16.5. The Morgan fingerprint density at radius 2 is 2.06 bits per heavy atom. The van der Waals surface area contributed by atoms with E-state index < -0.39 is 0 Å². The van der Waals surface area contributed by atoms with Crippen molar-refractivity contribution in [2.75, 3.05) is 32.9 Å². The molecule has 0 spiro atoms.